The highest BCUT2D eigenvalue weighted by Crippen LogP contribution is 2.29. The average molecular weight is 443 g/mol. The molecule has 0 unspecified atom stereocenters. The molecule has 0 bridgehead atoms. The van der Waals surface area contributed by atoms with Crippen LogP contribution < -0.4 is 14.8 Å². The van der Waals surface area contributed by atoms with Crippen molar-refractivity contribution in [3.8, 4) is 11.5 Å². The number of carbonyl (C=O) groups is 2. The molecule has 0 saturated heterocycles. The zero-order chi connectivity index (χ0) is 20.0. The third-order valence-electron chi connectivity index (χ3n) is 3.50. The normalized spacial score (nSPS) is 10.4. The number of rotatable bonds is 7. The summed E-state index contributed by atoms with van der Waals surface area (Å²) in [5.74, 6) is -1.05. The van der Waals surface area contributed by atoms with Crippen molar-refractivity contribution in [2.45, 2.75) is 6.61 Å². The largest absolute Gasteiger partial charge is 0.493 e. The van der Waals surface area contributed by atoms with Crippen molar-refractivity contribution in [2.75, 3.05) is 26.0 Å². The van der Waals surface area contributed by atoms with Gasteiger partial charge in [0.15, 0.2) is 11.5 Å². The van der Waals surface area contributed by atoms with Crippen molar-refractivity contribution in [3.63, 3.8) is 0 Å². The van der Waals surface area contributed by atoms with E-state index in [9.17, 15) is 18.4 Å². The predicted octanol–water partition coefficient (Wildman–Crippen LogP) is 3.77. The number of nitrogens with zero attached hydrogens (tertiary/aromatic N) is 1. The number of hydrogen-bond donors (Lipinski definition) is 1. The smallest absolute Gasteiger partial charge is 0.387 e. The number of hydrogen-bond acceptors (Lipinski definition) is 4. The highest BCUT2D eigenvalue weighted by molar-refractivity contribution is 9.10. The Kier molecular flexibility index (Phi) is 7.12. The number of anilines is 1. The van der Waals surface area contributed by atoms with E-state index in [0.29, 0.717) is 10.2 Å². The van der Waals surface area contributed by atoms with Crippen molar-refractivity contribution in [2.24, 2.45) is 0 Å². The van der Waals surface area contributed by atoms with E-state index in [2.05, 4.69) is 26.0 Å². The lowest BCUT2D eigenvalue weighted by atomic mass is 10.1. The number of ether oxygens (including phenoxy) is 2. The minimum absolute atomic E-state index is 0.00721. The zero-order valence-electron chi connectivity index (χ0n) is 14.5. The molecule has 27 heavy (non-hydrogen) atoms. The Morgan fingerprint density at radius 2 is 1.89 bits per heavy atom. The minimum Gasteiger partial charge on any atom is -0.493 e. The summed E-state index contributed by atoms with van der Waals surface area (Å²) in [7, 11) is 2.73. The molecule has 2 aromatic carbocycles. The average Bonchev–Trinajstić information content (AvgIpc) is 2.62. The number of amides is 2. The van der Waals surface area contributed by atoms with Crippen molar-refractivity contribution in [3.05, 3.63) is 52.5 Å². The van der Waals surface area contributed by atoms with Gasteiger partial charge in [0.1, 0.15) is 0 Å². The molecule has 0 aliphatic rings. The first kappa shape index (κ1) is 20.6. The van der Waals surface area contributed by atoms with Crippen LogP contribution in [-0.4, -0.2) is 44.0 Å². The van der Waals surface area contributed by atoms with Gasteiger partial charge >= 0.3 is 6.61 Å². The maximum Gasteiger partial charge on any atom is 0.387 e. The molecule has 2 rings (SSSR count). The van der Waals surface area contributed by atoms with Crippen molar-refractivity contribution >= 4 is 33.4 Å². The van der Waals surface area contributed by atoms with Crippen LogP contribution in [-0.2, 0) is 4.79 Å². The van der Waals surface area contributed by atoms with Crippen LogP contribution in [0.15, 0.2) is 46.9 Å². The summed E-state index contributed by atoms with van der Waals surface area (Å²) in [6.07, 6.45) is 0. The van der Waals surface area contributed by atoms with Crippen molar-refractivity contribution in [1.29, 1.82) is 0 Å². The van der Waals surface area contributed by atoms with Crippen LogP contribution in [0.1, 0.15) is 10.4 Å². The van der Waals surface area contributed by atoms with Gasteiger partial charge in [-0.1, -0.05) is 12.1 Å². The maximum absolute atomic E-state index is 12.5. The lowest BCUT2D eigenvalue weighted by molar-refractivity contribution is -0.116. The summed E-state index contributed by atoms with van der Waals surface area (Å²) in [6, 6.07) is 10.9. The van der Waals surface area contributed by atoms with Gasteiger partial charge in [0, 0.05) is 17.1 Å². The molecule has 0 aliphatic heterocycles. The van der Waals surface area contributed by atoms with Gasteiger partial charge in [-0.05, 0) is 46.3 Å². The van der Waals surface area contributed by atoms with Crippen LogP contribution in [0.5, 0.6) is 11.5 Å². The molecule has 6 nitrogen and oxygen atoms in total. The Morgan fingerprint density at radius 1 is 1.19 bits per heavy atom. The number of benzene rings is 2. The molecule has 0 atom stereocenters. The van der Waals surface area contributed by atoms with Crippen LogP contribution >= 0.6 is 15.9 Å². The number of likely N-dealkylation sites (N-methyl/N-ethyl adjacent to an activating group) is 1. The molecule has 0 spiro atoms. The molecule has 0 aliphatic carbocycles. The highest BCUT2D eigenvalue weighted by atomic mass is 79.9. The van der Waals surface area contributed by atoms with Gasteiger partial charge in [0.2, 0.25) is 5.91 Å². The van der Waals surface area contributed by atoms with Gasteiger partial charge in [-0.25, -0.2) is 0 Å². The van der Waals surface area contributed by atoms with Gasteiger partial charge in [-0.15, -0.1) is 0 Å². The summed E-state index contributed by atoms with van der Waals surface area (Å²) in [5, 5.41) is 2.69. The van der Waals surface area contributed by atoms with Gasteiger partial charge in [0.25, 0.3) is 5.91 Å². The van der Waals surface area contributed by atoms with Crippen LogP contribution in [0, 0.1) is 0 Å². The number of para-hydroxylation sites is 1. The van der Waals surface area contributed by atoms with E-state index in [4.69, 9.17) is 4.74 Å². The second-order valence-corrected chi connectivity index (χ2v) is 6.29. The third-order valence-corrected chi connectivity index (χ3v) is 4.19. The van der Waals surface area contributed by atoms with Gasteiger partial charge < -0.3 is 19.7 Å². The fourth-order valence-electron chi connectivity index (χ4n) is 2.25. The molecule has 0 saturated carbocycles. The van der Waals surface area contributed by atoms with E-state index >= 15 is 0 Å². The first-order chi connectivity index (χ1) is 12.8. The fourth-order valence-corrected chi connectivity index (χ4v) is 2.64. The molecule has 0 fully saturated rings. The van der Waals surface area contributed by atoms with Crippen molar-refractivity contribution in [1.82, 2.24) is 4.90 Å². The number of alkyl halides is 2. The Morgan fingerprint density at radius 3 is 2.52 bits per heavy atom. The number of halogens is 3. The van der Waals surface area contributed by atoms with Crippen LogP contribution in [0.3, 0.4) is 0 Å². The first-order valence-electron chi connectivity index (χ1n) is 7.74. The Balaban J connectivity index is 2.06. The Hall–Kier alpha value is -2.68. The predicted molar refractivity (Wildman–Crippen MR) is 99.4 cm³/mol. The summed E-state index contributed by atoms with van der Waals surface area (Å²) in [6.45, 7) is -3.21. The number of methoxy groups -OCH3 is 1. The van der Waals surface area contributed by atoms with Gasteiger partial charge in [-0.3, -0.25) is 9.59 Å². The number of nitrogens with one attached hydrogen (secondary N) is 1. The summed E-state index contributed by atoms with van der Waals surface area (Å²) in [4.78, 5) is 25.9. The summed E-state index contributed by atoms with van der Waals surface area (Å²) < 4.78 is 34.8. The van der Waals surface area contributed by atoms with E-state index in [1.54, 1.807) is 18.2 Å². The lowest BCUT2D eigenvalue weighted by Gasteiger charge is -2.18. The molecular weight excluding hydrogens is 426 g/mol. The molecule has 144 valence electrons. The maximum atomic E-state index is 12.5. The first-order valence-corrected chi connectivity index (χ1v) is 8.53. The summed E-state index contributed by atoms with van der Waals surface area (Å²) in [5.41, 5.74) is 0.753. The van der Waals surface area contributed by atoms with E-state index in [1.807, 2.05) is 6.07 Å². The van der Waals surface area contributed by atoms with Crippen LogP contribution in [0.2, 0.25) is 0 Å². The monoisotopic (exact) mass is 442 g/mol. The molecule has 2 aromatic rings. The molecule has 1 N–H and O–H groups in total. The minimum atomic E-state index is -3.01. The topological polar surface area (TPSA) is 67.9 Å². The molecule has 9 heteroatoms. The Labute approximate surface area is 163 Å². The third kappa shape index (κ3) is 5.65. The molecule has 2 amide bonds. The van der Waals surface area contributed by atoms with Gasteiger partial charge in [0.05, 0.1) is 19.3 Å². The quantitative estimate of drug-likeness (QED) is 0.708. The Bertz CT molecular complexity index is 833. The summed E-state index contributed by atoms with van der Waals surface area (Å²) >= 11 is 3.32. The fraction of sp³-hybridized carbons (Fsp3) is 0.222. The van der Waals surface area contributed by atoms with E-state index in [-0.39, 0.29) is 29.5 Å². The second kappa shape index (κ2) is 9.31. The van der Waals surface area contributed by atoms with E-state index in [1.165, 1.54) is 37.3 Å². The van der Waals surface area contributed by atoms with Gasteiger partial charge in [-0.2, -0.15) is 8.78 Å². The number of carbonyl (C=O) groups excluding carboxylic acids is 2. The van der Waals surface area contributed by atoms with Crippen molar-refractivity contribution < 1.29 is 27.8 Å². The molecule has 0 radical (unpaired) electrons. The highest BCUT2D eigenvalue weighted by Gasteiger charge is 2.18. The zero-order valence-corrected chi connectivity index (χ0v) is 16.1. The lowest BCUT2D eigenvalue weighted by Crippen LogP contribution is -2.35. The second-order valence-electron chi connectivity index (χ2n) is 5.43. The molecule has 0 aromatic heterocycles. The van der Waals surface area contributed by atoms with Crippen LogP contribution in [0.25, 0.3) is 0 Å². The molecule has 0 heterocycles. The van der Waals surface area contributed by atoms with E-state index < -0.39 is 12.5 Å². The van der Waals surface area contributed by atoms with E-state index in [0.717, 1.165) is 0 Å². The SMILES string of the molecule is COc1cc(C(=O)N(C)CC(=O)Nc2ccccc2Br)ccc1OC(F)F. The standard InChI is InChI=1S/C18H17BrF2N2O4/c1-23(10-16(24)22-13-6-4-3-5-12(13)19)17(25)11-7-8-14(27-18(20)21)15(9-11)26-2/h3-9,18H,10H2,1-2H3,(H,22,24). The van der Waals surface area contributed by atoms with Crippen LogP contribution in [0.4, 0.5) is 14.5 Å². The molecular formula is C18H17BrF2N2O4.